The van der Waals surface area contributed by atoms with Crippen LogP contribution in [0.4, 0.5) is 4.79 Å². The van der Waals surface area contributed by atoms with Gasteiger partial charge in [-0.1, -0.05) is 0 Å². The molecule has 2 heterocycles. The molecule has 0 saturated carbocycles. The van der Waals surface area contributed by atoms with Crippen molar-refractivity contribution in [3.8, 4) is 0 Å². The van der Waals surface area contributed by atoms with E-state index in [0.29, 0.717) is 13.1 Å². The van der Waals surface area contributed by atoms with Crippen molar-refractivity contribution in [2.75, 3.05) is 13.1 Å². The maximum atomic E-state index is 12.1. The van der Waals surface area contributed by atoms with Gasteiger partial charge in [0, 0.05) is 19.3 Å². The van der Waals surface area contributed by atoms with Gasteiger partial charge in [0.1, 0.15) is 5.60 Å². The highest BCUT2D eigenvalue weighted by atomic mass is 16.6. The number of aromatic carboxylic acids is 1. The Kier molecular flexibility index (Phi) is 4.20. The average Bonchev–Trinajstić information content (AvgIpc) is 2.86. The van der Waals surface area contributed by atoms with E-state index in [9.17, 15) is 9.59 Å². The predicted molar refractivity (Wildman–Crippen MR) is 75.3 cm³/mol. The highest BCUT2D eigenvalue weighted by molar-refractivity contribution is 5.86. The maximum Gasteiger partial charge on any atom is 0.410 e. The molecule has 0 spiro atoms. The summed E-state index contributed by atoms with van der Waals surface area (Å²) >= 11 is 0. The van der Waals surface area contributed by atoms with Crippen LogP contribution in [0.25, 0.3) is 0 Å². The summed E-state index contributed by atoms with van der Waals surface area (Å²) in [5.41, 5.74) is -0.365. The lowest BCUT2D eigenvalue weighted by Crippen LogP contribution is -2.43. The molecule has 116 valence electrons. The van der Waals surface area contributed by atoms with Gasteiger partial charge in [0.05, 0.1) is 17.8 Å². The van der Waals surface area contributed by atoms with Gasteiger partial charge in [-0.2, -0.15) is 5.10 Å². The van der Waals surface area contributed by atoms with E-state index in [1.807, 2.05) is 20.8 Å². The van der Waals surface area contributed by atoms with E-state index < -0.39 is 11.6 Å². The Morgan fingerprint density at radius 3 is 2.71 bits per heavy atom. The molecule has 1 aromatic rings. The van der Waals surface area contributed by atoms with Crippen molar-refractivity contribution in [2.45, 2.75) is 45.3 Å². The summed E-state index contributed by atoms with van der Waals surface area (Å²) in [5.74, 6) is -0.999. The van der Waals surface area contributed by atoms with Crippen molar-refractivity contribution in [1.29, 1.82) is 0 Å². The van der Waals surface area contributed by atoms with Crippen molar-refractivity contribution in [3.63, 3.8) is 0 Å². The van der Waals surface area contributed by atoms with Gasteiger partial charge in [0.25, 0.3) is 0 Å². The first-order valence-electron chi connectivity index (χ1n) is 7.01. The van der Waals surface area contributed by atoms with Crippen molar-refractivity contribution in [1.82, 2.24) is 14.7 Å². The lowest BCUT2D eigenvalue weighted by molar-refractivity contribution is 0.0167. The van der Waals surface area contributed by atoms with Crippen LogP contribution in [0.3, 0.4) is 0 Å². The molecule has 1 amide bonds. The minimum Gasteiger partial charge on any atom is -0.478 e. The minimum atomic E-state index is -0.999. The molecule has 1 aliphatic heterocycles. The largest absolute Gasteiger partial charge is 0.478 e. The predicted octanol–water partition coefficient (Wildman–Crippen LogP) is 2.15. The van der Waals surface area contributed by atoms with Crippen molar-refractivity contribution >= 4 is 12.1 Å². The molecule has 0 unspecified atom stereocenters. The number of nitrogens with zero attached hydrogens (tertiary/aromatic N) is 3. The molecule has 0 aromatic carbocycles. The van der Waals surface area contributed by atoms with Crippen molar-refractivity contribution in [2.24, 2.45) is 0 Å². The third kappa shape index (κ3) is 3.96. The molecule has 0 bridgehead atoms. The van der Waals surface area contributed by atoms with Gasteiger partial charge in [-0.3, -0.25) is 4.68 Å². The second-order valence-corrected chi connectivity index (χ2v) is 6.24. The van der Waals surface area contributed by atoms with Gasteiger partial charge in [-0.25, -0.2) is 9.59 Å². The van der Waals surface area contributed by atoms with E-state index in [4.69, 9.17) is 9.84 Å². The number of likely N-dealkylation sites (tertiary alicyclic amines) is 1. The monoisotopic (exact) mass is 295 g/mol. The third-order valence-corrected chi connectivity index (χ3v) is 3.27. The van der Waals surface area contributed by atoms with Crippen molar-refractivity contribution < 1.29 is 19.4 Å². The fourth-order valence-corrected chi connectivity index (χ4v) is 2.31. The summed E-state index contributed by atoms with van der Waals surface area (Å²) in [5, 5.41) is 13.0. The molecule has 1 aromatic heterocycles. The Labute approximate surface area is 123 Å². The molecule has 1 N–H and O–H groups in total. The van der Waals surface area contributed by atoms with Crippen LogP contribution in [0.1, 0.15) is 50.0 Å². The fraction of sp³-hybridized carbons (Fsp3) is 0.643. The minimum absolute atomic E-state index is 0.0145. The lowest BCUT2D eigenvalue weighted by Gasteiger charge is -2.34. The highest BCUT2D eigenvalue weighted by Gasteiger charge is 2.28. The number of carboxylic acids is 1. The summed E-state index contributed by atoms with van der Waals surface area (Å²) in [7, 11) is 0. The summed E-state index contributed by atoms with van der Waals surface area (Å²) < 4.78 is 6.99. The molecule has 1 aliphatic rings. The van der Waals surface area contributed by atoms with E-state index in [2.05, 4.69) is 5.10 Å². The number of hydrogen-bond acceptors (Lipinski definition) is 4. The Hall–Kier alpha value is -2.05. The SMILES string of the molecule is CC(C)(C)OC(=O)N1CCC[C@H](n2cc(C(=O)O)cn2)C1. The number of carboxylic acid groups (broad SMARTS) is 1. The molecular weight excluding hydrogens is 274 g/mol. The van der Waals surface area contributed by atoms with E-state index in [-0.39, 0.29) is 17.7 Å². The molecule has 7 nitrogen and oxygen atoms in total. The molecule has 1 fully saturated rings. The Bertz CT molecular complexity index is 533. The summed E-state index contributed by atoms with van der Waals surface area (Å²) in [6.45, 7) is 6.63. The van der Waals surface area contributed by atoms with Crippen LogP contribution in [0.5, 0.6) is 0 Å². The molecule has 21 heavy (non-hydrogen) atoms. The van der Waals surface area contributed by atoms with E-state index in [0.717, 1.165) is 12.8 Å². The first kappa shape index (κ1) is 15.3. The first-order valence-corrected chi connectivity index (χ1v) is 7.01. The van der Waals surface area contributed by atoms with E-state index in [1.54, 1.807) is 9.58 Å². The Balaban J connectivity index is 2.03. The zero-order valence-corrected chi connectivity index (χ0v) is 12.6. The summed E-state index contributed by atoms with van der Waals surface area (Å²) in [6, 6.07) is -0.0145. The smallest absolute Gasteiger partial charge is 0.410 e. The van der Waals surface area contributed by atoms with Crippen LogP contribution in [0, 0.1) is 0 Å². The summed E-state index contributed by atoms with van der Waals surface area (Å²) in [4.78, 5) is 24.6. The lowest BCUT2D eigenvalue weighted by atomic mass is 10.1. The molecule has 1 saturated heterocycles. The van der Waals surface area contributed by atoms with Gasteiger partial charge in [-0.05, 0) is 33.6 Å². The number of piperidine rings is 1. The van der Waals surface area contributed by atoms with E-state index >= 15 is 0 Å². The zero-order valence-electron chi connectivity index (χ0n) is 12.6. The highest BCUT2D eigenvalue weighted by Crippen LogP contribution is 2.23. The number of ether oxygens (including phenoxy) is 1. The fourth-order valence-electron chi connectivity index (χ4n) is 2.31. The van der Waals surface area contributed by atoms with Crippen molar-refractivity contribution in [3.05, 3.63) is 18.0 Å². The maximum absolute atomic E-state index is 12.1. The van der Waals surface area contributed by atoms with Crippen LogP contribution in [-0.2, 0) is 4.74 Å². The molecular formula is C14H21N3O4. The van der Waals surface area contributed by atoms with Crippen LogP contribution in [0.2, 0.25) is 0 Å². The van der Waals surface area contributed by atoms with Gasteiger partial charge in [0.15, 0.2) is 0 Å². The molecule has 2 rings (SSSR count). The molecule has 1 atom stereocenters. The van der Waals surface area contributed by atoms with Gasteiger partial charge < -0.3 is 14.7 Å². The molecule has 0 radical (unpaired) electrons. The van der Waals surface area contributed by atoms with Gasteiger partial charge in [0.2, 0.25) is 0 Å². The van der Waals surface area contributed by atoms with Crippen LogP contribution >= 0.6 is 0 Å². The molecule has 0 aliphatic carbocycles. The number of carbonyl (C=O) groups is 2. The Morgan fingerprint density at radius 2 is 2.14 bits per heavy atom. The normalized spacial score (nSPS) is 19.4. The quantitative estimate of drug-likeness (QED) is 0.903. The van der Waals surface area contributed by atoms with E-state index in [1.165, 1.54) is 12.4 Å². The first-order chi connectivity index (χ1) is 9.76. The van der Waals surface area contributed by atoms with Gasteiger partial charge >= 0.3 is 12.1 Å². The number of carbonyl (C=O) groups excluding carboxylic acids is 1. The average molecular weight is 295 g/mol. The number of aromatic nitrogens is 2. The third-order valence-electron chi connectivity index (χ3n) is 3.27. The zero-order chi connectivity index (χ0) is 15.6. The second kappa shape index (κ2) is 5.75. The van der Waals surface area contributed by atoms with Crippen LogP contribution in [0.15, 0.2) is 12.4 Å². The molecule has 7 heteroatoms. The topological polar surface area (TPSA) is 84.7 Å². The van der Waals surface area contributed by atoms with Crippen LogP contribution < -0.4 is 0 Å². The Morgan fingerprint density at radius 1 is 1.43 bits per heavy atom. The van der Waals surface area contributed by atoms with Gasteiger partial charge in [-0.15, -0.1) is 0 Å². The standard InChI is InChI=1S/C14H21N3O4/c1-14(2,3)21-13(20)16-6-4-5-11(9-16)17-8-10(7-15-17)12(18)19/h7-8,11H,4-6,9H2,1-3H3,(H,18,19)/t11-/m0/s1. The number of amides is 1. The second-order valence-electron chi connectivity index (χ2n) is 6.24. The number of hydrogen-bond donors (Lipinski definition) is 1. The van der Waals surface area contributed by atoms with Crippen LogP contribution in [-0.4, -0.2) is 50.5 Å². The number of rotatable bonds is 2. The summed E-state index contributed by atoms with van der Waals surface area (Å²) in [6.07, 6.45) is 4.20.